The van der Waals surface area contributed by atoms with Crippen molar-refractivity contribution in [3.05, 3.63) is 28.8 Å². The van der Waals surface area contributed by atoms with Crippen LogP contribution in [-0.2, 0) is 20.9 Å². The highest BCUT2D eigenvalue weighted by atomic mass is 35.5. The highest BCUT2D eigenvalue weighted by Crippen LogP contribution is 2.28. The van der Waals surface area contributed by atoms with Gasteiger partial charge in [-0.05, 0) is 38.0 Å². The molecule has 0 spiro atoms. The van der Waals surface area contributed by atoms with E-state index in [0.717, 1.165) is 37.2 Å². The molecule has 0 saturated carbocycles. The predicted molar refractivity (Wildman–Crippen MR) is 118 cm³/mol. The van der Waals surface area contributed by atoms with Crippen molar-refractivity contribution in [2.24, 2.45) is 5.92 Å². The van der Waals surface area contributed by atoms with Gasteiger partial charge in [0.1, 0.15) is 11.9 Å². The number of carbonyl (C=O) groups is 2. The summed E-state index contributed by atoms with van der Waals surface area (Å²) < 4.78 is 11.4. The number of nitrogens with zero attached hydrogens (tertiary/aromatic N) is 3. The SMILES string of the molecule is C[C@@H]1CN(CCC(=O)N2CCC[C@@H](C(=O)N3CCOCC3)C2)Cc2cc(Cl)ccc2O1. The van der Waals surface area contributed by atoms with Crippen molar-refractivity contribution in [3.8, 4) is 5.75 Å². The molecule has 0 N–H and O–H groups in total. The molecule has 2 amide bonds. The third-order valence-electron chi connectivity index (χ3n) is 6.35. The molecule has 3 heterocycles. The van der Waals surface area contributed by atoms with E-state index < -0.39 is 0 Å². The number of hydrogen-bond acceptors (Lipinski definition) is 5. The lowest BCUT2D eigenvalue weighted by atomic mass is 9.96. The molecule has 1 aromatic carbocycles. The average Bonchev–Trinajstić information content (AvgIpc) is 2.94. The topological polar surface area (TPSA) is 62.3 Å². The van der Waals surface area contributed by atoms with Crippen LogP contribution in [0.3, 0.4) is 0 Å². The molecule has 2 saturated heterocycles. The Morgan fingerprint density at radius 2 is 1.94 bits per heavy atom. The minimum Gasteiger partial charge on any atom is -0.489 e. The molecule has 0 radical (unpaired) electrons. The quantitative estimate of drug-likeness (QED) is 0.706. The minimum atomic E-state index is -0.0866. The lowest BCUT2D eigenvalue weighted by molar-refractivity contribution is -0.144. The summed E-state index contributed by atoms with van der Waals surface area (Å²) in [4.78, 5) is 31.8. The first-order valence-electron chi connectivity index (χ1n) is 11.3. The first-order chi connectivity index (χ1) is 15.0. The molecule has 3 aliphatic rings. The van der Waals surface area contributed by atoms with Crippen LogP contribution < -0.4 is 4.74 Å². The molecule has 4 rings (SSSR count). The number of benzene rings is 1. The van der Waals surface area contributed by atoms with Crippen LogP contribution in [-0.4, -0.2) is 85.1 Å². The van der Waals surface area contributed by atoms with Crippen LogP contribution in [0.2, 0.25) is 5.02 Å². The van der Waals surface area contributed by atoms with E-state index in [0.29, 0.717) is 57.4 Å². The summed E-state index contributed by atoms with van der Waals surface area (Å²) >= 11 is 6.17. The van der Waals surface area contributed by atoms with E-state index in [4.69, 9.17) is 21.1 Å². The molecule has 31 heavy (non-hydrogen) atoms. The van der Waals surface area contributed by atoms with E-state index >= 15 is 0 Å². The fraction of sp³-hybridized carbons (Fsp3) is 0.652. The van der Waals surface area contributed by atoms with Gasteiger partial charge in [0.15, 0.2) is 0 Å². The molecule has 2 fully saturated rings. The molecule has 2 atom stereocenters. The van der Waals surface area contributed by atoms with Crippen LogP contribution in [0, 0.1) is 5.92 Å². The Bertz CT molecular complexity index is 799. The summed E-state index contributed by atoms with van der Waals surface area (Å²) in [6.45, 7) is 7.98. The molecule has 1 aromatic rings. The third kappa shape index (κ3) is 5.70. The minimum absolute atomic E-state index is 0.0445. The van der Waals surface area contributed by atoms with Gasteiger partial charge < -0.3 is 19.3 Å². The molecule has 0 aliphatic carbocycles. The molecule has 7 nitrogen and oxygen atoms in total. The molecule has 0 bridgehead atoms. The molecule has 8 heteroatoms. The number of morpholine rings is 1. The van der Waals surface area contributed by atoms with Crippen LogP contribution in [0.1, 0.15) is 31.7 Å². The van der Waals surface area contributed by atoms with Gasteiger partial charge in [-0.1, -0.05) is 11.6 Å². The summed E-state index contributed by atoms with van der Waals surface area (Å²) in [5.74, 6) is 1.08. The maximum atomic E-state index is 13.0. The van der Waals surface area contributed by atoms with Crippen molar-refractivity contribution in [3.63, 3.8) is 0 Å². The molecule has 170 valence electrons. The number of rotatable bonds is 4. The van der Waals surface area contributed by atoms with E-state index in [9.17, 15) is 9.59 Å². The van der Waals surface area contributed by atoms with Crippen LogP contribution in [0.25, 0.3) is 0 Å². The summed E-state index contributed by atoms with van der Waals surface area (Å²) in [6.07, 6.45) is 2.23. The van der Waals surface area contributed by atoms with Crippen molar-refractivity contribution >= 4 is 23.4 Å². The van der Waals surface area contributed by atoms with Crippen molar-refractivity contribution in [1.82, 2.24) is 14.7 Å². The van der Waals surface area contributed by atoms with Gasteiger partial charge in [0.25, 0.3) is 0 Å². The first kappa shape index (κ1) is 22.4. The highest BCUT2D eigenvalue weighted by Gasteiger charge is 2.32. The zero-order valence-electron chi connectivity index (χ0n) is 18.2. The number of carbonyl (C=O) groups excluding carboxylic acids is 2. The van der Waals surface area contributed by atoms with E-state index in [1.807, 2.05) is 34.9 Å². The van der Waals surface area contributed by atoms with Gasteiger partial charge in [0.2, 0.25) is 11.8 Å². The lowest BCUT2D eigenvalue weighted by Crippen LogP contribution is -2.49. The lowest BCUT2D eigenvalue weighted by Gasteiger charge is -2.36. The Labute approximate surface area is 189 Å². The second kappa shape index (κ2) is 10.2. The number of hydrogen-bond donors (Lipinski definition) is 0. The van der Waals surface area contributed by atoms with Gasteiger partial charge in [-0.25, -0.2) is 0 Å². The van der Waals surface area contributed by atoms with Crippen molar-refractivity contribution in [1.29, 1.82) is 0 Å². The number of piperidine rings is 1. The van der Waals surface area contributed by atoms with Gasteiger partial charge in [-0.15, -0.1) is 0 Å². The maximum Gasteiger partial charge on any atom is 0.227 e. The molecule has 3 aliphatic heterocycles. The maximum absolute atomic E-state index is 13.0. The number of fused-ring (bicyclic) bond motifs is 1. The summed E-state index contributed by atoms with van der Waals surface area (Å²) in [5.41, 5.74) is 1.05. The third-order valence-corrected chi connectivity index (χ3v) is 6.58. The molecule has 0 aromatic heterocycles. The molecular formula is C23H32ClN3O4. The van der Waals surface area contributed by atoms with Gasteiger partial charge in [-0.3, -0.25) is 14.5 Å². The first-order valence-corrected chi connectivity index (χ1v) is 11.7. The zero-order valence-corrected chi connectivity index (χ0v) is 19.0. The van der Waals surface area contributed by atoms with Gasteiger partial charge >= 0.3 is 0 Å². The molecular weight excluding hydrogens is 418 g/mol. The Morgan fingerprint density at radius 3 is 2.74 bits per heavy atom. The monoisotopic (exact) mass is 449 g/mol. The normalized spacial score (nSPS) is 24.8. The van der Waals surface area contributed by atoms with Crippen molar-refractivity contribution in [2.75, 3.05) is 52.5 Å². The standard InChI is InChI=1S/C23H32ClN3O4/c1-17-14-25(15-19-13-20(24)4-5-21(19)31-17)8-6-22(28)27-7-2-3-18(16-27)23(29)26-9-11-30-12-10-26/h4-5,13,17-18H,2-3,6-12,14-16H2,1H3/t17-,18-/m1/s1. The fourth-order valence-electron chi connectivity index (χ4n) is 4.74. The summed E-state index contributed by atoms with van der Waals surface area (Å²) in [6, 6.07) is 5.70. The van der Waals surface area contributed by atoms with E-state index in [-0.39, 0.29) is 23.8 Å². The number of halogens is 1. The van der Waals surface area contributed by atoms with Crippen molar-refractivity contribution in [2.45, 2.75) is 38.8 Å². The fourth-order valence-corrected chi connectivity index (χ4v) is 4.93. The Balaban J connectivity index is 1.31. The van der Waals surface area contributed by atoms with Crippen molar-refractivity contribution < 1.29 is 19.1 Å². The second-order valence-electron chi connectivity index (χ2n) is 8.78. The highest BCUT2D eigenvalue weighted by molar-refractivity contribution is 6.30. The van der Waals surface area contributed by atoms with Crippen LogP contribution in [0.4, 0.5) is 0 Å². The number of ether oxygens (including phenoxy) is 2. The largest absolute Gasteiger partial charge is 0.489 e. The van der Waals surface area contributed by atoms with Crippen LogP contribution in [0.15, 0.2) is 18.2 Å². The van der Waals surface area contributed by atoms with E-state index in [1.54, 1.807) is 0 Å². The van der Waals surface area contributed by atoms with Crippen LogP contribution >= 0.6 is 11.6 Å². The summed E-state index contributed by atoms with van der Waals surface area (Å²) in [5, 5.41) is 0.692. The zero-order chi connectivity index (χ0) is 21.8. The Hall–Kier alpha value is -1.83. The summed E-state index contributed by atoms with van der Waals surface area (Å²) in [7, 11) is 0. The number of likely N-dealkylation sites (tertiary alicyclic amines) is 1. The predicted octanol–water partition coefficient (Wildman–Crippen LogP) is 2.41. The van der Waals surface area contributed by atoms with Gasteiger partial charge in [0, 0.05) is 62.8 Å². The van der Waals surface area contributed by atoms with Gasteiger partial charge in [-0.2, -0.15) is 0 Å². The molecule has 0 unspecified atom stereocenters. The Morgan fingerprint density at radius 1 is 1.13 bits per heavy atom. The smallest absolute Gasteiger partial charge is 0.227 e. The number of amides is 2. The Kier molecular flexibility index (Phi) is 7.35. The van der Waals surface area contributed by atoms with E-state index in [1.165, 1.54) is 0 Å². The van der Waals surface area contributed by atoms with Crippen LogP contribution in [0.5, 0.6) is 5.75 Å². The average molecular weight is 450 g/mol. The van der Waals surface area contributed by atoms with E-state index in [2.05, 4.69) is 4.90 Å². The second-order valence-corrected chi connectivity index (χ2v) is 9.22. The van der Waals surface area contributed by atoms with Gasteiger partial charge in [0.05, 0.1) is 19.1 Å².